The summed E-state index contributed by atoms with van der Waals surface area (Å²) in [5, 5.41) is 7.78. The van der Waals surface area contributed by atoms with E-state index in [4.69, 9.17) is 4.74 Å². The normalized spacial score (nSPS) is 10.9. The smallest absolute Gasteiger partial charge is 0.311 e. The summed E-state index contributed by atoms with van der Waals surface area (Å²) in [6.07, 6.45) is 1.30. The topological polar surface area (TPSA) is 132 Å². The molecule has 3 heterocycles. The predicted molar refractivity (Wildman–Crippen MR) is 139 cm³/mol. The van der Waals surface area contributed by atoms with Crippen molar-refractivity contribution < 1.29 is 19.1 Å². The zero-order chi connectivity index (χ0) is 25.8. The van der Waals surface area contributed by atoms with E-state index in [2.05, 4.69) is 20.6 Å². The maximum atomic E-state index is 13.1. The molecule has 4 aromatic rings. The number of nitrogens with one attached hydrogen (secondary N) is 2. The lowest BCUT2D eigenvalue weighted by molar-refractivity contribution is -0.142. The Kier molecular flexibility index (Phi) is 7.55. The molecule has 0 bridgehead atoms. The minimum absolute atomic E-state index is 0.0113. The molecule has 0 unspecified atom stereocenters. The number of anilines is 2. The lowest BCUT2D eigenvalue weighted by Crippen LogP contribution is -2.28. The van der Waals surface area contributed by atoms with E-state index in [1.165, 1.54) is 22.2 Å². The molecule has 0 saturated carbocycles. The van der Waals surface area contributed by atoms with Gasteiger partial charge < -0.3 is 15.4 Å². The highest BCUT2D eigenvalue weighted by Crippen LogP contribution is 2.28. The molecule has 0 radical (unpaired) electrons. The molecule has 10 nitrogen and oxygen atoms in total. The molecule has 0 saturated heterocycles. The van der Waals surface area contributed by atoms with Crippen LogP contribution in [0.3, 0.4) is 0 Å². The quantitative estimate of drug-likeness (QED) is 0.336. The van der Waals surface area contributed by atoms with Gasteiger partial charge >= 0.3 is 5.97 Å². The standard InChI is InChI=1S/C24H23N5O5S2/c1-4-34-18(31)9-15-11-35-24(26-15)28-17(30)10-29-12-25-22-19(23(29)33)14(3)20(36-22)21(32)27-16-8-6-5-7-13(16)2/h5-8,11-12H,4,9-10H2,1-3H3,(H,27,32)(H,26,28,30). The molecule has 36 heavy (non-hydrogen) atoms. The Bertz CT molecular complexity index is 1520. The fraction of sp³-hybridized carbons (Fsp3) is 0.250. The average Bonchev–Trinajstić information content (AvgIpc) is 3.41. The molecule has 0 atom stereocenters. The van der Waals surface area contributed by atoms with Gasteiger partial charge in [0, 0.05) is 11.1 Å². The van der Waals surface area contributed by atoms with E-state index in [1.54, 1.807) is 19.2 Å². The predicted octanol–water partition coefficient (Wildman–Crippen LogP) is 3.53. The van der Waals surface area contributed by atoms with E-state index in [9.17, 15) is 19.2 Å². The maximum Gasteiger partial charge on any atom is 0.311 e. The van der Waals surface area contributed by atoms with Crippen LogP contribution in [0, 0.1) is 13.8 Å². The van der Waals surface area contributed by atoms with E-state index in [-0.39, 0.29) is 25.5 Å². The number of hydrogen-bond donors (Lipinski definition) is 2. The van der Waals surface area contributed by atoms with Gasteiger partial charge in [0.1, 0.15) is 11.4 Å². The molecule has 2 N–H and O–H groups in total. The first-order valence-electron chi connectivity index (χ1n) is 11.0. The highest BCUT2D eigenvalue weighted by atomic mass is 32.1. The Hall–Kier alpha value is -3.90. The summed E-state index contributed by atoms with van der Waals surface area (Å²) in [5.74, 6) is -1.19. The SMILES string of the molecule is CCOC(=O)Cc1csc(NC(=O)Cn2cnc3sc(C(=O)Nc4ccccc4C)c(C)c3c2=O)n1. The first-order chi connectivity index (χ1) is 17.3. The van der Waals surface area contributed by atoms with Crippen molar-refractivity contribution in [2.75, 3.05) is 17.2 Å². The summed E-state index contributed by atoms with van der Waals surface area (Å²) < 4.78 is 6.08. The minimum Gasteiger partial charge on any atom is -0.466 e. The number of hydrogen-bond acceptors (Lipinski definition) is 9. The third-order valence-corrected chi connectivity index (χ3v) is 7.26. The fourth-order valence-corrected chi connectivity index (χ4v) is 5.26. The van der Waals surface area contributed by atoms with Crippen molar-refractivity contribution in [1.29, 1.82) is 0 Å². The number of rotatable bonds is 8. The van der Waals surface area contributed by atoms with Crippen LogP contribution < -0.4 is 16.2 Å². The van der Waals surface area contributed by atoms with Crippen molar-refractivity contribution in [1.82, 2.24) is 14.5 Å². The summed E-state index contributed by atoms with van der Waals surface area (Å²) >= 11 is 2.30. The number of thiazole rings is 1. The van der Waals surface area contributed by atoms with Crippen LogP contribution in [0.2, 0.25) is 0 Å². The molecule has 12 heteroatoms. The molecule has 0 fully saturated rings. The van der Waals surface area contributed by atoms with Gasteiger partial charge in [0.05, 0.1) is 35.3 Å². The number of amides is 2. The summed E-state index contributed by atoms with van der Waals surface area (Å²) in [6, 6.07) is 7.42. The number of aromatic nitrogens is 3. The second-order valence-electron chi connectivity index (χ2n) is 7.86. The minimum atomic E-state index is -0.472. The fourth-order valence-electron chi connectivity index (χ4n) is 3.50. The Balaban J connectivity index is 1.49. The highest BCUT2D eigenvalue weighted by Gasteiger charge is 2.21. The molecular weight excluding hydrogens is 502 g/mol. The molecule has 3 aromatic heterocycles. The van der Waals surface area contributed by atoms with Crippen LogP contribution in [-0.4, -0.2) is 38.9 Å². The van der Waals surface area contributed by atoms with Gasteiger partial charge in [-0.15, -0.1) is 22.7 Å². The van der Waals surface area contributed by atoms with Crippen molar-refractivity contribution in [2.45, 2.75) is 33.7 Å². The monoisotopic (exact) mass is 525 g/mol. The number of nitrogens with zero attached hydrogens (tertiary/aromatic N) is 3. The van der Waals surface area contributed by atoms with Gasteiger partial charge in [-0.2, -0.15) is 0 Å². The van der Waals surface area contributed by atoms with Gasteiger partial charge in [-0.05, 0) is 38.0 Å². The van der Waals surface area contributed by atoms with Crippen molar-refractivity contribution in [2.24, 2.45) is 0 Å². The van der Waals surface area contributed by atoms with Gasteiger partial charge in [0.2, 0.25) is 5.91 Å². The molecule has 4 rings (SSSR count). The van der Waals surface area contributed by atoms with Crippen molar-refractivity contribution in [3.05, 3.63) is 68.0 Å². The summed E-state index contributed by atoms with van der Waals surface area (Å²) in [6.45, 7) is 5.31. The number of ether oxygens (including phenoxy) is 1. The number of aryl methyl sites for hydroxylation is 2. The maximum absolute atomic E-state index is 13.1. The van der Waals surface area contributed by atoms with E-state index in [0.717, 1.165) is 16.9 Å². The molecular formula is C24H23N5O5S2. The van der Waals surface area contributed by atoms with Crippen molar-refractivity contribution in [3.8, 4) is 0 Å². The number of carbonyl (C=O) groups is 3. The Morgan fingerprint density at radius 3 is 2.67 bits per heavy atom. The largest absolute Gasteiger partial charge is 0.466 e. The van der Waals surface area contributed by atoms with Crippen LogP contribution >= 0.6 is 22.7 Å². The molecule has 2 amide bonds. The summed E-state index contributed by atoms with van der Waals surface area (Å²) in [5.41, 5.74) is 2.19. The van der Waals surface area contributed by atoms with Crippen molar-refractivity contribution >= 4 is 61.5 Å². The second-order valence-corrected chi connectivity index (χ2v) is 9.71. The molecule has 186 valence electrons. The lowest BCUT2D eigenvalue weighted by Gasteiger charge is -2.07. The van der Waals surface area contributed by atoms with Crippen LogP contribution in [-0.2, 0) is 27.3 Å². The van der Waals surface area contributed by atoms with Gasteiger partial charge in [0.25, 0.3) is 11.5 Å². The van der Waals surface area contributed by atoms with Crippen LogP contribution in [0.25, 0.3) is 10.2 Å². The third-order valence-electron chi connectivity index (χ3n) is 5.26. The van der Waals surface area contributed by atoms with E-state index in [0.29, 0.717) is 37.2 Å². The zero-order valence-corrected chi connectivity index (χ0v) is 21.4. The molecule has 0 aliphatic rings. The number of para-hydroxylation sites is 1. The number of thiophene rings is 1. The van der Waals surface area contributed by atoms with E-state index in [1.807, 2.05) is 31.2 Å². The Morgan fingerprint density at radius 1 is 1.14 bits per heavy atom. The van der Waals surface area contributed by atoms with Gasteiger partial charge in [-0.1, -0.05) is 18.2 Å². The van der Waals surface area contributed by atoms with Gasteiger partial charge in [-0.25, -0.2) is 9.97 Å². The number of fused-ring (bicyclic) bond motifs is 1. The van der Waals surface area contributed by atoms with Crippen LogP contribution in [0.5, 0.6) is 0 Å². The lowest BCUT2D eigenvalue weighted by atomic mass is 10.2. The van der Waals surface area contributed by atoms with Gasteiger partial charge in [0.15, 0.2) is 5.13 Å². The van der Waals surface area contributed by atoms with Crippen molar-refractivity contribution in [3.63, 3.8) is 0 Å². The first kappa shape index (κ1) is 25.2. The van der Waals surface area contributed by atoms with E-state index >= 15 is 0 Å². The van der Waals surface area contributed by atoms with Gasteiger partial charge in [-0.3, -0.25) is 23.7 Å². The number of benzene rings is 1. The molecule has 0 aliphatic heterocycles. The third kappa shape index (κ3) is 5.50. The second kappa shape index (κ2) is 10.8. The molecule has 0 spiro atoms. The number of esters is 1. The van der Waals surface area contributed by atoms with E-state index < -0.39 is 17.4 Å². The van der Waals surface area contributed by atoms with Crippen LogP contribution in [0.15, 0.2) is 40.8 Å². The Morgan fingerprint density at radius 2 is 1.92 bits per heavy atom. The Labute approximate surface area is 214 Å². The molecule has 1 aromatic carbocycles. The summed E-state index contributed by atoms with van der Waals surface area (Å²) in [7, 11) is 0. The van der Waals surface area contributed by atoms with Crippen LogP contribution in [0.1, 0.15) is 33.4 Å². The number of carbonyl (C=O) groups excluding carboxylic acids is 3. The average molecular weight is 526 g/mol. The van der Waals surface area contributed by atoms with Crippen LogP contribution in [0.4, 0.5) is 10.8 Å². The zero-order valence-electron chi connectivity index (χ0n) is 19.8. The first-order valence-corrected chi connectivity index (χ1v) is 12.7. The summed E-state index contributed by atoms with van der Waals surface area (Å²) in [4.78, 5) is 59.5. The highest BCUT2D eigenvalue weighted by molar-refractivity contribution is 7.20. The molecule has 0 aliphatic carbocycles.